The fourth-order valence-electron chi connectivity index (χ4n) is 3.42. The van der Waals surface area contributed by atoms with Crippen LogP contribution in [-0.4, -0.2) is 0 Å². The van der Waals surface area contributed by atoms with Crippen molar-refractivity contribution in [2.45, 2.75) is 0 Å². The highest BCUT2D eigenvalue weighted by Crippen LogP contribution is 2.38. The Bertz CT molecular complexity index is 1340. The van der Waals surface area contributed by atoms with Gasteiger partial charge in [-0.15, -0.1) is 0 Å². The van der Waals surface area contributed by atoms with E-state index in [4.69, 9.17) is 30.4 Å². The van der Waals surface area contributed by atoms with E-state index in [0.29, 0.717) is 57.4 Å². The van der Waals surface area contributed by atoms with Crippen LogP contribution in [0.1, 0.15) is 0 Å². The second-order valence-corrected chi connectivity index (χ2v) is 7.91. The number of anilines is 2. The summed E-state index contributed by atoms with van der Waals surface area (Å²) in [5, 5.41) is 0. The summed E-state index contributed by atoms with van der Waals surface area (Å²) in [6, 6.07) is 36.7. The Morgan fingerprint density at radius 2 is 0.667 bits per heavy atom. The van der Waals surface area contributed by atoms with E-state index in [1.165, 1.54) is 0 Å². The molecule has 5 aromatic rings. The number of para-hydroxylation sites is 4. The molecule has 0 saturated heterocycles. The number of ether oxygens (including phenoxy) is 4. The van der Waals surface area contributed by atoms with Crippen LogP contribution in [0.25, 0.3) is 0 Å². The van der Waals surface area contributed by atoms with E-state index in [0.717, 1.165) is 0 Å². The van der Waals surface area contributed by atoms with E-state index in [-0.39, 0.29) is 0 Å². The van der Waals surface area contributed by atoms with Crippen LogP contribution in [0.5, 0.6) is 46.0 Å². The molecule has 0 saturated carbocycles. The highest BCUT2D eigenvalue weighted by molar-refractivity contribution is 5.50. The summed E-state index contributed by atoms with van der Waals surface area (Å²) in [5.41, 5.74) is 12.9. The highest BCUT2D eigenvalue weighted by atomic mass is 16.5. The van der Waals surface area contributed by atoms with Crippen molar-refractivity contribution in [3.63, 3.8) is 0 Å². The molecule has 0 atom stereocenters. The molecule has 0 aromatic heterocycles. The molecule has 178 valence electrons. The van der Waals surface area contributed by atoms with Gasteiger partial charge in [-0.3, -0.25) is 0 Å². The maximum Gasteiger partial charge on any atom is 0.169 e. The summed E-state index contributed by atoms with van der Waals surface area (Å²) in [4.78, 5) is 0. The fourth-order valence-corrected chi connectivity index (χ4v) is 3.42. The lowest BCUT2D eigenvalue weighted by Gasteiger charge is -2.14. The minimum Gasteiger partial charge on any atom is -0.453 e. The van der Waals surface area contributed by atoms with Crippen molar-refractivity contribution in [1.82, 2.24) is 0 Å². The van der Waals surface area contributed by atoms with Crippen LogP contribution in [0.15, 0.2) is 121 Å². The second kappa shape index (κ2) is 10.4. The Morgan fingerprint density at radius 3 is 1.03 bits per heavy atom. The van der Waals surface area contributed by atoms with Crippen LogP contribution in [0.3, 0.4) is 0 Å². The molecule has 5 aromatic carbocycles. The Morgan fingerprint density at radius 1 is 0.333 bits per heavy atom. The number of benzene rings is 5. The number of rotatable bonds is 8. The van der Waals surface area contributed by atoms with Crippen molar-refractivity contribution in [2.24, 2.45) is 0 Å². The predicted molar refractivity (Wildman–Crippen MR) is 141 cm³/mol. The van der Waals surface area contributed by atoms with E-state index in [9.17, 15) is 0 Å². The van der Waals surface area contributed by atoms with Crippen LogP contribution in [-0.2, 0) is 0 Å². The molecule has 0 amide bonds. The molecule has 0 aliphatic carbocycles. The summed E-state index contributed by atoms with van der Waals surface area (Å²) >= 11 is 0. The number of nitrogens with two attached hydrogens (primary N) is 2. The molecular weight excluding hydrogens is 452 g/mol. The molecule has 0 spiro atoms. The van der Waals surface area contributed by atoms with Crippen molar-refractivity contribution in [2.75, 3.05) is 11.5 Å². The van der Waals surface area contributed by atoms with Gasteiger partial charge in [0.15, 0.2) is 23.0 Å². The largest absolute Gasteiger partial charge is 0.453 e. The van der Waals surface area contributed by atoms with Gasteiger partial charge in [0.05, 0.1) is 0 Å². The molecule has 5 rings (SSSR count). The van der Waals surface area contributed by atoms with Crippen LogP contribution in [0.4, 0.5) is 11.4 Å². The monoisotopic (exact) mass is 476 g/mol. The Balaban J connectivity index is 1.33. The predicted octanol–water partition coefficient (Wildman–Crippen LogP) is 8.02. The van der Waals surface area contributed by atoms with Gasteiger partial charge in [0.2, 0.25) is 0 Å². The van der Waals surface area contributed by atoms with Crippen molar-refractivity contribution in [3.8, 4) is 46.0 Å². The third-order valence-corrected chi connectivity index (χ3v) is 5.18. The van der Waals surface area contributed by atoms with E-state index in [1.54, 1.807) is 30.3 Å². The molecule has 0 aliphatic rings. The van der Waals surface area contributed by atoms with Gasteiger partial charge in [0.25, 0.3) is 0 Å². The van der Waals surface area contributed by atoms with Crippen molar-refractivity contribution in [1.29, 1.82) is 0 Å². The van der Waals surface area contributed by atoms with Crippen LogP contribution < -0.4 is 30.4 Å². The average Bonchev–Trinajstić information content (AvgIpc) is 2.89. The summed E-state index contributed by atoms with van der Waals surface area (Å²) in [6.07, 6.45) is 0. The van der Waals surface area contributed by atoms with E-state index in [2.05, 4.69) is 0 Å². The van der Waals surface area contributed by atoms with E-state index >= 15 is 0 Å². The van der Waals surface area contributed by atoms with Gasteiger partial charge < -0.3 is 30.4 Å². The standard InChI is InChI=1S/C30H24N2O4/c31-21-12-16-23(17-13-21)33-27-8-1-3-10-29(27)35-25-6-5-7-26(20-25)36-30-11-4-2-9-28(30)34-24-18-14-22(32)15-19-24/h1-20H,31-32H2. The van der Waals surface area contributed by atoms with Gasteiger partial charge in [-0.25, -0.2) is 0 Å². The topological polar surface area (TPSA) is 89.0 Å². The van der Waals surface area contributed by atoms with E-state index < -0.39 is 0 Å². The smallest absolute Gasteiger partial charge is 0.169 e. The first-order valence-corrected chi connectivity index (χ1v) is 11.3. The lowest BCUT2D eigenvalue weighted by Crippen LogP contribution is -1.93. The zero-order valence-corrected chi connectivity index (χ0v) is 19.3. The molecule has 0 aliphatic heterocycles. The summed E-state index contributed by atoms with van der Waals surface area (Å²) in [6.45, 7) is 0. The molecule has 0 bridgehead atoms. The molecule has 36 heavy (non-hydrogen) atoms. The average molecular weight is 477 g/mol. The molecule has 6 nitrogen and oxygen atoms in total. The van der Waals surface area contributed by atoms with Gasteiger partial charge in [0, 0.05) is 17.4 Å². The zero-order chi connectivity index (χ0) is 24.7. The molecule has 0 radical (unpaired) electrons. The summed E-state index contributed by atoms with van der Waals surface area (Å²) in [7, 11) is 0. The summed E-state index contributed by atoms with van der Waals surface area (Å²) in [5.74, 6) is 4.81. The molecule has 0 fully saturated rings. The first-order valence-electron chi connectivity index (χ1n) is 11.3. The van der Waals surface area contributed by atoms with Gasteiger partial charge in [0.1, 0.15) is 23.0 Å². The normalized spacial score (nSPS) is 10.4. The minimum absolute atomic E-state index is 0.568. The molecule has 0 unspecified atom stereocenters. The zero-order valence-electron chi connectivity index (χ0n) is 19.3. The number of nitrogen functional groups attached to an aromatic ring is 2. The lowest BCUT2D eigenvalue weighted by atomic mass is 10.2. The van der Waals surface area contributed by atoms with Gasteiger partial charge in [-0.2, -0.15) is 0 Å². The van der Waals surface area contributed by atoms with E-state index in [1.807, 2.05) is 91.0 Å². The molecule has 4 N–H and O–H groups in total. The minimum atomic E-state index is 0.568. The first-order chi connectivity index (χ1) is 17.6. The van der Waals surface area contributed by atoms with Crippen LogP contribution in [0.2, 0.25) is 0 Å². The number of hydrogen-bond donors (Lipinski definition) is 2. The number of hydrogen-bond acceptors (Lipinski definition) is 6. The SMILES string of the molecule is Nc1ccc(Oc2ccccc2Oc2cccc(Oc3ccccc3Oc3ccc(N)cc3)c2)cc1. The van der Waals surface area contributed by atoms with Gasteiger partial charge in [-0.05, 0) is 84.9 Å². The van der Waals surface area contributed by atoms with Crippen molar-refractivity contribution >= 4 is 11.4 Å². The quantitative estimate of drug-likeness (QED) is 0.220. The highest BCUT2D eigenvalue weighted by Gasteiger charge is 2.10. The molecular formula is C30H24N2O4. The Hall–Kier alpha value is -5.10. The van der Waals surface area contributed by atoms with Crippen LogP contribution >= 0.6 is 0 Å². The maximum atomic E-state index is 6.15. The summed E-state index contributed by atoms with van der Waals surface area (Å²) < 4.78 is 24.3. The first kappa shape index (κ1) is 22.7. The fraction of sp³-hybridized carbons (Fsp3) is 0. The third-order valence-electron chi connectivity index (χ3n) is 5.18. The third kappa shape index (κ3) is 5.69. The lowest BCUT2D eigenvalue weighted by molar-refractivity contribution is 0.407. The maximum absolute atomic E-state index is 6.15. The Kier molecular flexibility index (Phi) is 6.58. The molecule has 6 heteroatoms. The van der Waals surface area contributed by atoms with Gasteiger partial charge >= 0.3 is 0 Å². The Labute approximate surface area is 209 Å². The van der Waals surface area contributed by atoms with Crippen molar-refractivity contribution < 1.29 is 18.9 Å². The van der Waals surface area contributed by atoms with Gasteiger partial charge in [-0.1, -0.05) is 30.3 Å². The second-order valence-electron chi connectivity index (χ2n) is 7.91. The van der Waals surface area contributed by atoms with Crippen molar-refractivity contribution in [3.05, 3.63) is 121 Å². The van der Waals surface area contributed by atoms with Crippen LogP contribution in [0, 0.1) is 0 Å². The molecule has 0 heterocycles.